The highest BCUT2D eigenvalue weighted by Crippen LogP contribution is 2.35. The zero-order valence-electron chi connectivity index (χ0n) is 13.2. The summed E-state index contributed by atoms with van der Waals surface area (Å²) in [7, 11) is 1.91. The van der Waals surface area contributed by atoms with Crippen molar-refractivity contribution in [3.63, 3.8) is 0 Å². The molecule has 0 atom stereocenters. The van der Waals surface area contributed by atoms with Crippen LogP contribution in [0.3, 0.4) is 0 Å². The molecule has 0 aliphatic rings. The van der Waals surface area contributed by atoms with Crippen molar-refractivity contribution in [2.24, 2.45) is 4.99 Å². The maximum Gasteiger partial charge on any atom is 0.160 e. The molecule has 0 radical (unpaired) electrons. The summed E-state index contributed by atoms with van der Waals surface area (Å²) in [6.45, 7) is 4.75. The van der Waals surface area contributed by atoms with Gasteiger partial charge in [0.15, 0.2) is 11.6 Å². The third-order valence-electron chi connectivity index (χ3n) is 3.29. The number of halogens is 3. The number of rotatable bonds is 5. The number of aliphatic imine (C=N–C) groups is 1. The van der Waals surface area contributed by atoms with Gasteiger partial charge >= 0.3 is 0 Å². The van der Waals surface area contributed by atoms with Crippen LogP contribution in [0.2, 0.25) is 5.02 Å². The normalized spacial score (nSPS) is 11.0. The fourth-order valence-electron chi connectivity index (χ4n) is 1.91. The minimum atomic E-state index is -0.915. The van der Waals surface area contributed by atoms with Crippen LogP contribution in [0.4, 0.5) is 25.8 Å². The quantitative estimate of drug-likeness (QED) is 0.593. The summed E-state index contributed by atoms with van der Waals surface area (Å²) in [5.41, 5.74) is 2.56. The lowest BCUT2D eigenvalue weighted by Crippen LogP contribution is -2.14. The molecule has 0 spiro atoms. The van der Waals surface area contributed by atoms with Gasteiger partial charge < -0.3 is 10.2 Å². The van der Waals surface area contributed by atoms with E-state index in [1.54, 1.807) is 6.34 Å². The van der Waals surface area contributed by atoms with Crippen molar-refractivity contribution in [1.82, 2.24) is 4.90 Å². The first-order chi connectivity index (χ1) is 10.9. The van der Waals surface area contributed by atoms with Crippen molar-refractivity contribution < 1.29 is 8.78 Å². The maximum absolute atomic E-state index is 13.3. The summed E-state index contributed by atoms with van der Waals surface area (Å²) in [5, 5.41) is 3.41. The summed E-state index contributed by atoms with van der Waals surface area (Å²) in [5.74, 6) is -1.81. The number of anilines is 2. The lowest BCUT2D eigenvalue weighted by molar-refractivity contribution is 0.509. The monoisotopic (exact) mass is 337 g/mol. The number of hydrogen-bond donors (Lipinski definition) is 1. The Balaban J connectivity index is 2.33. The van der Waals surface area contributed by atoms with Crippen LogP contribution in [-0.4, -0.2) is 24.8 Å². The van der Waals surface area contributed by atoms with Gasteiger partial charge in [-0.25, -0.2) is 13.8 Å². The zero-order valence-corrected chi connectivity index (χ0v) is 14.0. The molecule has 3 nitrogen and oxygen atoms in total. The van der Waals surface area contributed by atoms with E-state index in [0.717, 1.165) is 24.2 Å². The Bertz CT molecular complexity index is 732. The molecule has 1 N–H and O–H groups in total. The zero-order chi connectivity index (χ0) is 17.0. The van der Waals surface area contributed by atoms with Gasteiger partial charge in [-0.15, -0.1) is 0 Å². The van der Waals surface area contributed by atoms with Gasteiger partial charge in [-0.1, -0.05) is 11.6 Å². The van der Waals surface area contributed by atoms with E-state index in [0.29, 0.717) is 22.1 Å². The molecule has 0 saturated heterocycles. The molecule has 122 valence electrons. The highest BCUT2D eigenvalue weighted by molar-refractivity contribution is 6.36. The number of nitrogens with one attached hydrogen (secondary N) is 1. The molecule has 0 bridgehead atoms. The molecule has 0 heterocycles. The summed E-state index contributed by atoms with van der Waals surface area (Å²) in [6, 6.07) is 7.29. The molecular formula is C17H18ClF2N3. The summed E-state index contributed by atoms with van der Waals surface area (Å²) >= 11 is 6.37. The van der Waals surface area contributed by atoms with Crippen molar-refractivity contribution in [2.45, 2.75) is 13.8 Å². The fourth-order valence-corrected chi connectivity index (χ4v) is 2.11. The van der Waals surface area contributed by atoms with Crippen molar-refractivity contribution in [3.8, 4) is 0 Å². The highest BCUT2D eigenvalue weighted by atomic mass is 35.5. The molecule has 2 aromatic carbocycles. The van der Waals surface area contributed by atoms with E-state index in [1.165, 1.54) is 6.07 Å². The molecule has 0 fully saturated rings. The Kier molecular flexibility index (Phi) is 5.55. The smallest absolute Gasteiger partial charge is 0.160 e. The molecule has 0 amide bonds. The molecule has 0 unspecified atom stereocenters. The number of hydrogen-bond acceptors (Lipinski definition) is 2. The third kappa shape index (κ3) is 4.42. The van der Waals surface area contributed by atoms with Crippen LogP contribution in [-0.2, 0) is 0 Å². The first-order valence-electron chi connectivity index (χ1n) is 7.17. The van der Waals surface area contributed by atoms with Crippen molar-refractivity contribution in [2.75, 3.05) is 18.9 Å². The first-order valence-corrected chi connectivity index (χ1v) is 7.55. The van der Waals surface area contributed by atoms with Gasteiger partial charge in [0.25, 0.3) is 0 Å². The predicted molar refractivity (Wildman–Crippen MR) is 92.3 cm³/mol. The minimum absolute atomic E-state index is 0.414. The van der Waals surface area contributed by atoms with Crippen molar-refractivity contribution >= 4 is 35.0 Å². The van der Waals surface area contributed by atoms with Crippen molar-refractivity contribution in [3.05, 3.63) is 52.6 Å². The van der Waals surface area contributed by atoms with E-state index in [1.807, 2.05) is 37.9 Å². The topological polar surface area (TPSA) is 27.6 Å². The molecule has 2 rings (SSSR count). The van der Waals surface area contributed by atoms with Gasteiger partial charge in [-0.05, 0) is 43.7 Å². The molecular weight excluding hydrogens is 320 g/mol. The van der Waals surface area contributed by atoms with Crippen LogP contribution in [0.1, 0.15) is 12.5 Å². The van der Waals surface area contributed by atoms with Crippen LogP contribution in [0.5, 0.6) is 0 Å². The van der Waals surface area contributed by atoms with E-state index in [2.05, 4.69) is 10.3 Å². The Morgan fingerprint density at radius 3 is 2.61 bits per heavy atom. The highest BCUT2D eigenvalue weighted by Gasteiger charge is 2.09. The van der Waals surface area contributed by atoms with Gasteiger partial charge in [-0.3, -0.25) is 0 Å². The summed E-state index contributed by atoms with van der Waals surface area (Å²) in [6.07, 6.45) is 1.70. The number of aryl methyl sites for hydroxylation is 1. The average Bonchev–Trinajstić information content (AvgIpc) is 2.52. The second kappa shape index (κ2) is 7.42. The molecule has 0 aromatic heterocycles. The fraction of sp³-hybridized carbons (Fsp3) is 0.235. The number of nitrogens with zero attached hydrogens (tertiary/aromatic N) is 2. The molecule has 0 saturated carbocycles. The minimum Gasteiger partial charge on any atom is -0.366 e. The molecule has 2 aromatic rings. The molecule has 23 heavy (non-hydrogen) atoms. The van der Waals surface area contributed by atoms with E-state index >= 15 is 0 Å². The van der Waals surface area contributed by atoms with Gasteiger partial charge in [0.1, 0.15) is 0 Å². The van der Waals surface area contributed by atoms with Crippen LogP contribution >= 0.6 is 11.6 Å². The Morgan fingerprint density at radius 2 is 1.96 bits per heavy atom. The molecule has 0 aliphatic carbocycles. The first kappa shape index (κ1) is 17.2. The van der Waals surface area contributed by atoms with Gasteiger partial charge in [0.2, 0.25) is 0 Å². The van der Waals surface area contributed by atoms with Crippen LogP contribution in [0.15, 0.2) is 35.3 Å². The average molecular weight is 338 g/mol. The van der Waals surface area contributed by atoms with E-state index in [-0.39, 0.29) is 0 Å². The second-order valence-electron chi connectivity index (χ2n) is 5.22. The Morgan fingerprint density at radius 1 is 1.22 bits per heavy atom. The third-order valence-corrected chi connectivity index (χ3v) is 3.69. The Hall–Kier alpha value is -2.14. The predicted octanol–water partition coefficient (Wildman–Crippen LogP) is 5.28. The summed E-state index contributed by atoms with van der Waals surface area (Å²) < 4.78 is 26.3. The lowest BCUT2D eigenvalue weighted by Gasteiger charge is -2.13. The second-order valence-corrected chi connectivity index (χ2v) is 5.60. The summed E-state index contributed by atoms with van der Waals surface area (Å²) in [4.78, 5) is 6.28. The lowest BCUT2D eigenvalue weighted by atomic mass is 10.2. The Labute approximate surface area is 139 Å². The molecule has 6 heteroatoms. The van der Waals surface area contributed by atoms with Crippen molar-refractivity contribution in [1.29, 1.82) is 0 Å². The number of benzene rings is 2. The van der Waals surface area contributed by atoms with Gasteiger partial charge in [0, 0.05) is 25.3 Å². The van der Waals surface area contributed by atoms with Crippen LogP contribution < -0.4 is 5.32 Å². The van der Waals surface area contributed by atoms with Crippen LogP contribution in [0, 0.1) is 18.6 Å². The van der Waals surface area contributed by atoms with E-state index in [9.17, 15) is 8.78 Å². The van der Waals surface area contributed by atoms with Crippen LogP contribution in [0.25, 0.3) is 0 Å². The standard InChI is InChI=1S/C17H18ClF2N3/c1-4-23(3)10-21-15-7-11(2)8-16(17(15)18)22-12-5-6-13(19)14(20)9-12/h5-10,22H,4H2,1-3H3. The largest absolute Gasteiger partial charge is 0.366 e. The SMILES string of the molecule is CCN(C)C=Nc1cc(C)cc(Nc2ccc(F)c(F)c2)c1Cl. The molecule has 0 aliphatic heterocycles. The maximum atomic E-state index is 13.3. The van der Waals surface area contributed by atoms with E-state index in [4.69, 9.17) is 11.6 Å². The van der Waals surface area contributed by atoms with Gasteiger partial charge in [0.05, 0.1) is 22.7 Å². The van der Waals surface area contributed by atoms with E-state index < -0.39 is 11.6 Å². The van der Waals surface area contributed by atoms with Gasteiger partial charge in [-0.2, -0.15) is 0 Å².